The first kappa shape index (κ1) is 17.0. The molecule has 1 aliphatic carbocycles. The molecule has 2 rings (SSSR count). The third-order valence-corrected chi connectivity index (χ3v) is 3.91. The predicted molar refractivity (Wildman–Crippen MR) is 85.1 cm³/mol. The average molecular weight is 297 g/mol. The number of carbonyl (C=O) groups excluding carboxylic acids is 1. The topological polar surface area (TPSA) is 55.1 Å². The van der Waals surface area contributed by atoms with Gasteiger partial charge in [0.25, 0.3) is 0 Å². The van der Waals surface area contributed by atoms with Crippen molar-refractivity contribution in [2.24, 2.45) is 11.7 Å². The molecule has 1 aliphatic rings. The van der Waals surface area contributed by atoms with E-state index in [2.05, 4.69) is 29.6 Å². The standard InChI is InChI=1S/C16H24N2O.ClH/c1-16(2,11-17)18-15(19)10-12-7-8-13-5-3-4-6-14(13)9-12;/h3-6,12H,7-11,17H2,1-2H3,(H,18,19);1H. The van der Waals surface area contributed by atoms with Gasteiger partial charge in [0.05, 0.1) is 0 Å². The molecule has 0 bridgehead atoms. The number of nitrogens with two attached hydrogens (primary N) is 1. The van der Waals surface area contributed by atoms with Gasteiger partial charge < -0.3 is 11.1 Å². The molecule has 1 unspecified atom stereocenters. The minimum atomic E-state index is -0.302. The number of rotatable bonds is 4. The molecule has 0 radical (unpaired) electrons. The van der Waals surface area contributed by atoms with Crippen LogP contribution >= 0.6 is 12.4 Å². The molecule has 0 saturated carbocycles. The highest BCUT2D eigenvalue weighted by molar-refractivity contribution is 5.85. The van der Waals surface area contributed by atoms with E-state index in [1.54, 1.807) is 0 Å². The molecule has 112 valence electrons. The fourth-order valence-electron chi connectivity index (χ4n) is 2.69. The van der Waals surface area contributed by atoms with Gasteiger partial charge in [-0.1, -0.05) is 24.3 Å². The highest BCUT2D eigenvalue weighted by Crippen LogP contribution is 2.27. The van der Waals surface area contributed by atoms with E-state index in [-0.39, 0.29) is 23.9 Å². The second-order valence-corrected chi connectivity index (χ2v) is 6.22. The first-order chi connectivity index (χ1) is 9.00. The van der Waals surface area contributed by atoms with Crippen molar-refractivity contribution in [3.63, 3.8) is 0 Å². The maximum atomic E-state index is 12.0. The van der Waals surface area contributed by atoms with E-state index in [9.17, 15) is 4.79 Å². The van der Waals surface area contributed by atoms with Crippen LogP contribution in [0.4, 0.5) is 0 Å². The first-order valence-electron chi connectivity index (χ1n) is 7.08. The quantitative estimate of drug-likeness (QED) is 0.897. The van der Waals surface area contributed by atoms with Crippen molar-refractivity contribution in [2.75, 3.05) is 6.54 Å². The minimum absolute atomic E-state index is 0. The third-order valence-electron chi connectivity index (χ3n) is 3.91. The van der Waals surface area contributed by atoms with Crippen molar-refractivity contribution >= 4 is 18.3 Å². The lowest BCUT2D eigenvalue weighted by Gasteiger charge is -2.28. The number of fused-ring (bicyclic) bond motifs is 1. The molecule has 4 heteroatoms. The molecule has 1 aromatic carbocycles. The van der Waals surface area contributed by atoms with Crippen molar-refractivity contribution in [1.82, 2.24) is 5.32 Å². The van der Waals surface area contributed by atoms with Gasteiger partial charge >= 0.3 is 0 Å². The lowest BCUT2D eigenvalue weighted by molar-refractivity contribution is -0.123. The zero-order chi connectivity index (χ0) is 13.9. The van der Waals surface area contributed by atoms with Crippen LogP contribution in [0.3, 0.4) is 0 Å². The van der Waals surface area contributed by atoms with Gasteiger partial charge in [-0.2, -0.15) is 0 Å². The van der Waals surface area contributed by atoms with Gasteiger partial charge in [0, 0.05) is 18.5 Å². The monoisotopic (exact) mass is 296 g/mol. The fraction of sp³-hybridized carbons (Fsp3) is 0.562. The Bertz CT molecular complexity index is 460. The van der Waals surface area contributed by atoms with E-state index in [1.165, 1.54) is 11.1 Å². The van der Waals surface area contributed by atoms with Crippen LogP contribution in [0.15, 0.2) is 24.3 Å². The number of hydrogen-bond acceptors (Lipinski definition) is 2. The maximum Gasteiger partial charge on any atom is 0.220 e. The predicted octanol–water partition coefficient (Wildman–Crippen LogP) is 2.46. The lowest BCUT2D eigenvalue weighted by Crippen LogP contribution is -2.49. The van der Waals surface area contributed by atoms with E-state index in [1.807, 2.05) is 13.8 Å². The summed E-state index contributed by atoms with van der Waals surface area (Å²) in [7, 11) is 0. The number of halogens is 1. The van der Waals surface area contributed by atoms with Crippen molar-refractivity contribution in [1.29, 1.82) is 0 Å². The lowest BCUT2D eigenvalue weighted by atomic mass is 9.82. The molecule has 3 nitrogen and oxygen atoms in total. The van der Waals surface area contributed by atoms with Gasteiger partial charge in [0.2, 0.25) is 5.91 Å². The van der Waals surface area contributed by atoms with Gasteiger partial charge in [-0.3, -0.25) is 4.79 Å². The van der Waals surface area contributed by atoms with Crippen LogP contribution in [0.5, 0.6) is 0 Å². The van der Waals surface area contributed by atoms with E-state index >= 15 is 0 Å². The summed E-state index contributed by atoms with van der Waals surface area (Å²) in [5.74, 6) is 0.586. The second-order valence-electron chi connectivity index (χ2n) is 6.22. The summed E-state index contributed by atoms with van der Waals surface area (Å²) in [5.41, 5.74) is 8.19. The summed E-state index contributed by atoms with van der Waals surface area (Å²) < 4.78 is 0. The Morgan fingerprint density at radius 1 is 1.35 bits per heavy atom. The molecule has 1 aromatic rings. The van der Waals surface area contributed by atoms with Crippen LogP contribution < -0.4 is 11.1 Å². The summed E-state index contributed by atoms with van der Waals surface area (Å²) in [4.78, 5) is 12.0. The average Bonchev–Trinajstić information content (AvgIpc) is 2.38. The summed E-state index contributed by atoms with van der Waals surface area (Å²) in [5, 5.41) is 3.01. The van der Waals surface area contributed by atoms with Gasteiger partial charge in [-0.05, 0) is 50.2 Å². The molecule has 0 heterocycles. The highest BCUT2D eigenvalue weighted by Gasteiger charge is 2.23. The van der Waals surface area contributed by atoms with Crippen LogP contribution in [-0.4, -0.2) is 18.0 Å². The molecular formula is C16H25ClN2O. The molecule has 20 heavy (non-hydrogen) atoms. The number of hydrogen-bond donors (Lipinski definition) is 2. The molecule has 1 atom stereocenters. The molecule has 0 aliphatic heterocycles. The summed E-state index contributed by atoms with van der Waals surface area (Å²) in [6, 6.07) is 8.56. The van der Waals surface area contributed by atoms with E-state index < -0.39 is 0 Å². The Morgan fingerprint density at radius 3 is 2.65 bits per heavy atom. The fourth-order valence-corrected chi connectivity index (χ4v) is 2.69. The van der Waals surface area contributed by atoms with E-state index in [4.69, 9.17) is 5.73 Å². The van der Waals surface area contributed by atoms with E-state index in [0.29, 0.717) is 18.9 Å². The van der Waals surface area contributed by atoms with Crippen molar-refractivity contribution in [3.8, 4) is 0 Å². The molecule has 0 fully saturated rings. The van der Waals surface area contributed by atoms with Crippen molar-refractivity contribution in [3.05, 3.63) is 35.4 Å². The molecular weight excluding hydrogens is 272 g/mol. The second kappa shape index (κ2) is 7.09. The number of nitrogens with one attached hydrogen (secondary N) is 1. The first-order valence-corrected chi connectivity index (χ1v) is 7.08. The van der Waals surface area contributed by atoms with Crippen LogP contribution in [-0.2, 0) is 17.6 Å². The van der Waals surface area contributed by atoms with Gasteiger partial charge in [0.15, 0.2) is 0 Å². The number of aryl methyl sites for hydroxylation is 1. The molecule has 0 spiro atoms. The van der Waals surface area contributed by atoms with Gasteiger partial charge in [-0.25, -0.2) is 0 Å². The Hall–Kier alpha value is -1.06. The zero-order valence-corrected chi connectivity index (χ0v) is 13.1. The zero-order valence-electron chi connectivity index (χ0n) is 12.3. The highest BCUT2D eigenvalue weighted by atomic mass is 35.5. The van der Waals surface area contributed by atoms with E-state index in [0.717, 1.165) is 19.3 Å². The smallest absolute Gasteiger partial charge is 0.220 e. The Morgan fingerprint density at radius 2 is 2.00 bits per heavy atom. The Balaban J connectivity index is 0.00000200. The number of benzene rings is 1. The summed E-state index contributed by atoms with van der Waals surface area (Å²) in [6.07, 6.45) is 3.83. The van der Waals surface area contributed by atoms with Crippen LogP contribution in [0.2, 0.25) is 0 Å². The molecule has 1 amide bonds. The summed E-state index contributed by atoms with van der Waals surface area (Å²) >= 11 is 0. The molecule has 3 N–H and O–H groups in total. The molecule has 0 saturated heterocycles. The molecule has 0 aromatic heterocycles. The normalized spacial score (nSPS) is 17.9. The minimum Gasteiger partial charge on any atom is -0.350 e. The van der Waals surface area contributed by atoms with Crippen molar-refractivity contribution in [2.45, 2.75) is 45.1 Å². The van der Waals surface area contributed by atoms with Crippen LogP contribution in [0.25, 0.3) is 0 Å². The maximum absolute atomic E-state index is 12.0. The largest absolute Gasteiger partial charge is 0.350 e. The Kier molecular flexibility index (Phi) is 6.03. The Labute approximate surface area is 127 Å². The third kappa shape index (κ3) is 4.50. The van der Waals surface area contributed by atoms with Gasteiger partial charge in [-0.15, -0.1) is 12.4 Å². The van der Waals surface area contributed by atoms with Crippen LogP contribution in [0.1, 0.15) is 37.8 Å². The summed E-state index contributed by atoms with van der Waals surface area (Å²) in [6.45, 7) is 4.38. The van der Waals surface area contributed by atoms with Crippen LogP contribution in [0, 0.1) is 5.92 Å². The van der Waals surface area contributed by atoms with Crippen molar-refractivity contribution < 1.29 is 4.79 Å². The number of amides is 1. The SMILES string of the molecule is CC(C)(CN)NC(=O)CC1CCc2ccccc2C1.Cl. The van der Waals surface area contributed by atoms with Gasteiger partial charge in [0.1, 0.15) is 0 Å². The number of carbonyl (C=O) groups is 1.